The van der Waals surface area contributed by atoms with Crippen molar-refractivity contribution in [2.24, 2.45) is 4.99 Å². The second-order valence-corrected chi connectivity index (χ2v) is 6.12. The van der Waals surface area contributed by atoms with Crippen LogP contribution < -0.4 is 5.32 Å². The molecule has 1 heterocycles. The highest BCUT2D eigenvalue weighted by molar-refractivity contribution is 14.0. The molecule has 1 aromatic carbocycles. The van der Waals surface area contributed by atoms with E-state index in [4.69, 9.17) is 0 Å². The number of likely N-dealkylation sites (tertiary alicyclic amines) is 1. The van der Waals surface area contributed by atoms with Crippen molar-refractivity contribution in [3.63, 3.8) is 0 Å². The van der Waals surface area contributed by atoms with Crippen LogP contribution in [0.25, 0.3) is 0 Å². The second-order valence-electron chi connectivity index (χ2n) is 6.12. The van der Waals surface area contributed by atoms with Crippen LogP contribution in [0.5, 0.6) is 0 Å². The van der Waals surface area contributed by atoms with Crippen molar-refractivity contribution in [3.05, 3.63) is 35.4 Å². The molecule has 2 rings (SSSR count). The SMILES string of the molecule is CN=C(NCC(=O)N1CCCCC1)N(C)Cc1ccccc1C.I. The predicted octanol–water partition coefficient (Wildman–Crippen LogP) is 2.63. The Labute approximate surface area is 162 Å². The molecule has 24 heavy (non-hydrogen) atoms. The lowest BCUT2D eigenvalue weighted by Crippen LogP contribution is -2.46. The molecule has 134 valence electrons. The quantitative estimate of drug-likeness (QED) is 0.442. The maximum atomic E-state index is 12.2. The lowest BCUT2D eigenvalue weighted by Gasteiger charge is -2.28. The fraction of sp³-hybridized carbons (Fsp3) is 0.556. The van der Waals surface area contributed by atoms with Gasteiger partial charge in [0.1, 0.15) is 0 Å². The summed E-state index contributed by atoms with van der Waals surface area (Å²) in [5, 5.41) is 3.19. The van der Waals surface area contributed by atoms with E-state index in [0.717, 1.165) is 38.4 Å². The molecule has 0 radical (unpaired) electrons. The average Bonchev–Trinajstić information content (AvgIpc) is 2.58. The molecular formula is C18H29IN4O. The number of hydrogen-bond donors (Lipinski definition) is 1. The van der Waals surface area contributed by atoms with Gasteiger partial charge in [-0.15, -0.1) is 24.0 Å². The third-order valence-electron chi connectivity index (χ3n) is 4.35. The highest BCUT2D eigenvalue weighted by Crippen LogP contribution is 2.10. The summed E-state index contributed by atoms with van der Waals surface area (Å²) < 4.78 is 0. The number of benzene rings is 1. The summed E-state index contributed by atoms with van der Waals surface area (Å²) in [4.78, 5) is 20.5. The van der Waals surface area contributed by atoms with Gasteiger partial charge in [-0.2, -0.15) is 0 Å². The van der Waals surface area contributed by atoms with Crippen LogP contribution >= 0.6 is 24.0 Å². The molecule has 0 bridgehead atoms. The summed E-state index contributed by atoms with van der Waals surface area (Å²) in [5.74, 6) is 0.911. The van der Waals surface area contributed by atoms with Gasteiger partial charge < -0.3 is 15.1 Å². The Morgan fingerprint density at radius 3 is 2.54 bits per heavy atom. The summed E-state index contributed by atoms with van der Waals surface area (Å²) in [7, 11) is 3.75. The van der Waals surface area contributed by atoms with Crippen LogP contribution in [0.4, 0.5) is 0 Å². The van der Waals surface area contributed by atoms with Gasteiger partial charge in [0.2, 0.25) is 5.91 Å². The molecule has 0 aromatic heterocycles. The number of halogens is 1. The third-order valence-corrected chi connectivity index (χ3v) is 4.35. The van der Waals surface area contributed by atoms with Gasteiger partial charge in [-0.05, 0) is 37.3 Å². The Morgan fingerprint density at radius 1 is 1.25 bits per heavy atom. The van der Waals surface area contributed by atoms with E-state index in [0.29, 0.717) is 6.54 Å². The molecule has 1 aromatic rings. The minimum absolute atomic E-state index is 0. The first-order valence-corrected chi connectivity index (χ1v) is 8.36. The number of nitrogens with zero attached hydrogens (tertiary/aromatic N) is 3. The van der Waals surface area contributed by atoms with Crippen molar-refractivity contribution in [1.82, 2.24) is 15.1 Å². The zero-order chi connectivity index (χ0) is 16.7. The number of rotatable bonds is 4. The van der Waals surface area contributed by atoms with Gasteiger partial charge in [0, 0.05) is 33.7 Å². The van der Waals surface area contributed by atoms with Gasteiger partial charge in [-0.25, -0.2) is 0 Å². The fourth-order valence-electron chi connectivity index (χ4n) is 2.91. The minimum atomic E-state index is 0. The average molecular weight is 444 g/mol. The Bertz CT molecular complexity index is 556. The van der Waals surface area contributed by atoms with Crippen LogP contribution in [-0.4, -0.2) is 55.4 Å². The van der Waals surface area contributed by atoms with E-state index in [1.54, 1.807) is 7.05 Å². The molecule has 0 aliphatic carbocycles. The molecule has 1 N–H and O–H groups in total. The first kappa shape index (κ1) is 20.7. The molecule has 0 spiro atoms. The number of aliphatic imine (C=N–C) groups is 1. The first-order chi connectivity index (χ1) is 11.1. The van der Waals surface area contributed by atoms with E-state index in [1.807, 2.05) is 29.0 Å². The molecular weight excluding hydrogens is 415 g/mol. The number of hydrogen-bond acceptors (Lipinski definition) is 2. The first-order valence-electron chi connectivity index (χ1n) is 8.36. The standard InChI is InChI=1S/C18H28N4O.HI/c1-15-9-5-6-10-16(15)14-21(3)18(19-2)20-13-17(23)22-11-7-4-8-12-22;/h5-6,9-10H,4,7-8,11-14H2,1-3H3,(H,19,20);1H. The number of amides is 1. The molecule has 0 unspecified atom stereocenters. The van der Waals surface area contributed by atoms with E-state index in [1.165, 1.54) is 17.5 Å². The Morgan fingerprint density at radius 2 is 1.92 bits per heavy atom. The monoisotopic (exact) mass is 444 g/mol. The highest BCUT2D eigenvalue weighted by Gasteiger charge is 2.17. The van der Waals surface area contributed by atoms with Crippen LogP contribution in [0.15, 0.2) is 29.3 Å². The van der Waals surface area contributed by atoms with E-state index in [2.05, 4.69) is 29.4 Å². The van der Waals surface area contributed by atoms with Crippen LogP contribution in [0.3, 0.4) is 0 Å². The number of piperidine rings is 1. The summed E-state index contributed by atoms with van der Waals surface area (Å²) in [6, 6.07) is 8.33. The van der Waals surface area contributed by atoms with E-state index < -0.39 is 0 Å². The zero-order valence-electron chi connectivity index (χ0n) is 14.9. The zero-order valence-corrected chi connectivity index (χ0v) is 17.2. The molecule has 1 saturated heterocycles. The van der Waals surface area contributed by atoms with Gasteiger partial charge in [0.15, 0.2) is 5.96 Å². The normalized spacial score (nSPS) is 14.8. The van der Waals surface area contributed by atoms with Gasteiger partial charge in [-0.1, -0.05) is 24.3 Å². The van der Waals surface area contributed by atoms with Crippen molar-refractivity contribution >= 4 is 35.8 Å². The van der Waals surface area contributed by atoms with Crippen LogP contribution in [0.2, 0.25) is 0 Å². The number of aryl methyl sites for hydroxylation is 1. The maximum absolute atomic E-state index is 12.2. The number of carbonyl (C=O) groups excluding carboxylic acids is 1. The number of nitrogens with one attached hydrogen (secondary N) is 1. The van der Waals surface area contributed by atoms with Gasteiger partial charge in [-0.3, -0.25) is 9.79 Å². The molecule has 5 nitrogen and oxygen atoms in total. The lowest BCUT2D eigenvalue weighted by molar-refractivity contribution is -0.130. The molecule has 6 heteroatoms. The lowest BCUT2D eigenvalue weighted by atomic mass is 10.1. The van der Waals surface area contributed by atoms with Crippen LogP contribution in [0, 0.1) is 6.92 Å². The third kappa shape index (κ3) is 5.96. The van der Waals surface area contributed by atoms with Crippen molar-refractivity contribution < 1.29 is 4.79 Å². The molecule has 1 fully saturated rings. The van der Waals surface area contributed by atoms with Gasteiger partial charge in [0.25, 0.3) is 0 Å². The molecule has 1 aliphatic heterocycles. The van der Waals surface area contributed by atoms with E-state index in [-0.39, 0.29) is 29.9 Å². The van der Waals surface area contributed by atoms with E-state index >= 15 is 0 Å². The highest BCUT2D eigenvalue weighted by atomic mass is 127. The van der Waals surface area contributed by atoms with Gasteiger partial charge >= 0.3 is 0 Å². The summed E-state index contributed by atoms with van der Waals surface area (Å²) in [6.07, 6.45) is 3.47. The molecule has 1 amide bonds. The van der Waals surface area contributed by atoms with Crippen molar-refractivity contribution in [3.8, 4) is 0 Å². The van der Waals surface area contributed by atoms with E-state index in [9.17, 15) is 4.79 Å². The Balaban J connectivity index is 0.00000288. The maximum Gasteiger partial charge on any atom is 0.241 e. The summed E-state index contributed by atoms with van der Waals surface area (Å²) >= 11 is 0. The van der Waals surface area contributed by atoms with Crippen molar-refractivity contribution in [2.75, 3.05) is 33.7 Å². The number of guanidine groups is 1. The topological polar surface area (TPSA) is 47.9 Å². The molecule has 1 aliphatic rings. The second kappa shape index (κ2) is 10.5. The summed E-state index contributed by atoms with van der Waals surface area (Å²) in [5.41, 5.74) is 2.53. The minimum Gasteiger partial charge on any atom is -0.347 e. The van der Waals surface area contributed by atoms with Crippen molar-refractivity contribution in [2.45, 2.75) is 32.7 Å². The predicted molar refractivity (Wildman–Crippen MR) is 110 cm³/mol. The molecule has 0 saturated carbocycles. The Hall–Kier alpha value is -1.31. The van der Waals surface area contributed by atoms with Crippen molar-refractivity contribution in [1.29, 1.82) is 0 Å². The largest absolute Gasteiger partial charge is 0.347 e. The Kier molecular flexibility index (Phi) is 9.10. The molecule has 0 atom stereocenters. The fourth-order valence-corrected chi connectivity index (χ4v) is 2.91. The van der Waals surface area contributed by atoms with Crippen LogP contribution in [0.1, 0.15) is 30.4 Å². The van der Waals surface area contributed by atoms with Crippen LogP contribution in [-0.2, 0) is 11.3 Å². The number of carbonyl (C=O) groups is 1. The summed E-state index contributed by atoms with van der Waals surface area (Å²) in [6.45, 7) is 4.96. The smallest absolute Gasteiger partial charge is 0.241 e. The van der Waals surface area contributed by atoms with Gasteiger partial charge in [0.05, 0.1) is 6.54 Å².